The summed E-state index contributed by atoms with van der Waals surface area (Å²) in [5.74, 6) is -1.38. The molecule has 2 atom stereocenters. The number of ether oxygens (including phenoxy) is 1. The molecule has 0 amide bonds. The molecule has 0 radical (unpaired) electrons. The van der Waals surface area contributed by atoms with Gasteiger partial charge in [-0.1, -0.05) is 32.0 Å². The van der Waals surface area contributed by atoms with Gasteiger partial charge in [-0.3, -0.25) is 4.79 Å². The summed E-state index contributed by atoms with van der Waals surface area (Å²) in [5, 5.41) is 10.0. The molecule has 4 nitrogen and oxygen atoms in total. The van der Waals surface area contributed by atoms with Crippen LogP contribution in [0.4, 0.5) is 18.9 Å². The predicted octanol–water partition coefficient (Wildman–Crippen LogP) is 7.37. The summed E-state index contributed by atoms with van der Waals surface area (Å²) in [6, 6.07) is 11.2. The number of hydrogen-bond donors (Lipinski definition) is 1. The molecular formula is C28H36F3NO3. The molecule has 7 heteroatoms. The monoisotopic (exact) mass is 491 g/mol. The highest BCUT2D eigenvalue weighted by atomic mass is 19.4. The van der Waals surface area contributed by atoms with Gasteiger partial charge >= 0.3 is 12.1 Å². The zero-order valence-electron chi connectivity index (χ0n) is 20.8. The van der Waals surface area contributed by atoms with Crippen molar-refractivity contribution in [3.05, 3.63) is 53.6 Å². The van der Waals surface area contributed by atoms with Gasteiger partial charge in [-0.15, -0.1) is 0 Å². The summed E-state index contributed by atoms with van der Waals surface area (Å²) in [6.45, 7) is 5.55. The molecular weight excluding hydrogens is 455 g/mol. The Hall–Kier alpha value is -2.54. The lowest BCUT2D eigenvalue weighted by Gasteiger charge is -2.38. The van der Waals surface area contributed by atoms with Crippen LogP contribution in [0.5, 0.6) is 0 Å². The first-order chi connectivity index (χ1) is 16.6. The lowest BCUT2D eigenvalue weighted by atomic mass is 9.87. The third-order valence-electron chi connectivity index (χ3n) is 6.74. The molecule has 1 fully saturated rings. The molecule has 0 saturated carbocycles. The number of carbonyl (C=O) groups is 1. The Balaban J connectivity index is 2.06. The van der Waals surface area contributed by atoms with E-state index in [0.717, 1.165) is 62.0 Å². The van der Waals surface area contributed by atoms with Crippen molar-refractivity contribution in [2.24, 2.45) is 5.92 Å². The number of rotatable bonds is 10. The van der Waals surface area contributed by atoms with Gasteiger partial charge in [0.25, 0.3) is 0 Å². The van der Waals surface area contributed by atoms with E-state index in [9.17, 15) is 23.1 Å². The number of anilines is 1. The summed E-state index contributed by atoms with van der Waals surface area (Å²) in [4.78, 5) is 14.6. The van der Waals surface area contributed by atoms with Crippen LogP contribution >= 0.6 is 0 Å². The first-order valence-corrected chi connectivity index (χ1v) is 12.4. The molecule has 3 rings (SSSR count). The van der Waals surface area contributed by atoms with Crippen molar-refractivity contribution in [1.82, 2.24) is 0 Å². The van der Waals surface area contributed by atoms with Crippen LogP contribution in [0.15, 0.2) is 42.5 Å². The second kappa shape index (κ2) is 11.9. The number of methoxy groups -OCH3 is 1. The molecule has 1 saturated heterocycles. The summed E-state index contributed by atoms with van der Waals surface area (Å²) in [6.07, 6.45) is 1.25. The molecule has 1 aliphatic heterocycles. The van der Waals surface area contributed by atoms with Crippen molar-refractivity contribution in [1.29, 1.82) is 0 Å². The van der Waals surface area contributed by atoms with Crippen molar-refractivity contribution >= 4 is 11.7 Å². The maximum absolute atomic E-state index is 13.1. The zero-order chi connectivity index (χ0) is 25.6. The summed E-state index contributed by atoms with van der Waals surface area (Å²) < 4.78 is 44.5. The van der Waals surface area contributed by atoms with Crippen LogP contribution in [0.2, 0.25) is 0 Å². The van der Waals surface area contributed by atoms with Crippen molar-refractivity contribution in [3.8, 4) is 11.1 Å². The number of carboxylic acid groups (broad SMARTS) is 1. The van der Waals surface area contributed by atoms with Gasteiger partial charge in [0, 0.05) is 32.0 Å². The Morgan fingerprint density at radius 2 is 1.83 bits per heavy atom. The van der Waals surface area contributed by atoms with Gasteiger partial charge in [0.15, 0.2) is 0 Å². The Morgan fingerprint density at radius 1 is 1.11 bits per heavy atom. The van der Waals surface area contributed by atoms with E-state index in [4.69, 9.17) is 4.74 Å². The van der Waals surface area contributed by atoms with E-state index >= 15 is 0 Å². The molecule has 1 heterocycles. The lowest BCUT2D eigenvalue weighted by Crippen LogP contribution is -2.39. The Kier molecular flexibility index (Phi) is 9.22. The number of piperidine rings is 1. The highest BCUT2D eigenvalue weighted by Gasteiger charge is 2.30. The quantitative estimate of drug-likeness (QED) is 0.353. The van der Waals surface area contributed by atoms with Crippen molar-refractivity contribution in [2.75, 3.05) is 25.2 Å². The van der Waals surface area contributed by atoms with Crippen molar-refractivity contribution in [3.63, 3.8) is 0 Å². The van der Waals surface area contributed by atoms with Crippen LogP contribution in [-0.2, 0) is 15.7 Å². The third-order valence-corrected chi connectivity index (χ3v) is 6.74. The van der Waals surface area contributed by atoms with E-state index in [0.29, 0.717) is 30.2 Å². The van der Waals surface area contributed by atoms with Gasteiger partial charge in [-0.2, -0.15) is 13.2 Å². The predicted molar refractivity (Wildman–Crippen MR) is 133 cm³/mol. The Bertz CT molecular complexity index is 972. The zero-order valence-corrected chi connectivity index (χ0v) is 20.8. The van der Waals surface area contributed by atoms with Crippen LogP contribution in [0.1, 0.15) is 69.4 Å². The van der Waals surface area contributed by atoms with E-state index in [1.54, 1.807) is 7.11 Å². The summed E-state index contributed by atoms with van der Waals surface area (Å²) in [7, 11) is 1.69. The lowest BCUT2D eigenvalue weighted by molar-refractivity contribution is -0.139. The van der Waals surface area contributed by atoms with Gasteiger partial charge in [0.1, 0.15) is 0 Å². The van der Waals surface area contributed by atoms with Gasteiger partial charge < -0.3 is 14.7 Å². The first-order valence-electron chi connectivity index (χ1n) is 12.4. The van der Waals surface area contributed by atoms with E-state index in [-0.39, 0.29) is 5.92 Å². The average molecular weight is 492 g/mol. The molecule has 192 valence electrons. The normalized spacial score (nSPS) is 17.6. The molecule has 0 aromatic heterocycles. The SMILES string of the molecule is COCCCC1CCCCN1c1cc(-c2ccc(C(F)(F)F)cc2)cc(C(CC(C)C)C(=O)O)c1. The van der Waals surface area contributed by atoms with E-state index < -0.39 is 23.6 Å². The highest BCUT2D eigenvalue weighted by Crippen LogP contribution is 2.37. The van der Waals surface area contributed by atoms with Gasteiger partial charge in [-0.05, 0) is 85.4 Å². The molecule has 1 N–H and O–H groups in total. The van der Waals surface area contributed by atoms with Crippen LogP contribution in [0.25, 0.3) is 11.1 Å². The fraction of sp³-hybridized carbons (Fsp3) is 0.536. The number of nitrogens with zero attached hydrogens (tertiary/aromatic N) is 1. The van der Waals surface area contributed by atoms with Crippen molar-refractivity contribution in [2.45, 2.75) is 70.5 Å². The highest BCUT2D eigenvalue weighted by molar-refractivity contribution is 5.79. The van der Waals surface area contributed by atoms with Crippen LogP contribution in [0, 0.1) is 5.92 Å². The second-order valence-corrected chi connectivity index (χ2v) is 9.89. The molecule has 1 aliphatic rings. The van der Waals surface area contributed by atoms with Crippen LogP contribution in [0.3, 0.4) is 0 Å². The van der Waals surface area contributed by atoms with E-state index in [2.05, 4.69) is 4.90 Å². The molecule has 0 spiro atoms. The summed E-state index contributed by atoms with van der Waals surface area (Å²) in [5.41, 5.74) is 2.31. The molecule has 0 aliphatic carbocycles. The molecule has 2 unspecified atom stereocenters. The molecule has 2 aromatic rings. The number of carboxylic acids is 1. The fourth-order valence-corrected chi connectivity index (χ4v) is 4.97. The molecule has 35 heavy (non-hydrogen) atoms. The van der Waals surface area contributed by atoms with Crippen LogP contribution in [-0.4, -0.2) is 37.4 Å². The van der Waals surface area contributed by atoms with Crippen LogP contribution < -0.4 is 4.90 Å². The molecule has 0 bridgehead atoms. The Labute approximate surface area is 206 Å². The molecule has 2 aromatic carbocycles. The van der Waals surface area contributed by atoms with E-state index in [1.807, 2.05) is 32.0 Å². The fourth-order valence-electron chi connectivity index (χ4n) is 4.97. The number of halogens is 3. The number of hydrogen-bond acceptors (Lipinski definition) is 3. The van der Waals surface area contributed by atoms with Gasteiger partial charge in [0.2, 0.25) is 0 Å². The van der Waals surface area contributed by atoms with Gasteiger partial charge in [-0.25, -0.2) is 0 Å². The minimum Gasteiger partial charge on any atom is -0.481 e. The Morgan fingerprint density at radius 3 is 2.43 bits per heavy atom. The minimum absolute atomic E-state index is 0.186. The second-order valence-electron chi connectivity index (χ2n) is 9.89. The van der Waals surface area contributed by atoms with E-state index in [1.165, 1.54) is 12.1 Å². The topological polar surface area (TPSA) is 49.8 Å². The van der Waals surface area contributed by atoms with Crippen molar-refractivity contribution < 1.29 is 27.8 Å². The largest absolute Gasteiger partial charge is 0.481 e. The number of alkyl halides is 3. The first kappa shape index (κ1) is 27.1. The van der Waals surface area contributed by atoms with Gasteiger partial charge in [0.05, 0.1) is 11.5 Å². The minimum atomic E-state index is -4.40. The third kappa shape index (κ3) is 7.23. The number of aliphatic carboxylic acids is 1. The maximum atomic E-state index is 13.1. The maximum Gasteiger partial charge on any atom is 0.416 e. The smallest absolute Gasteiger partial charge is 0.416 e. The number of benzene rings is 2. The average Bonchev–Trinajstić information content (AvgIpc) is 2.82. The summed E-state index contributed by atoms with van der Waals surface area (Å²) >= 11 is 0. The standard InChI is InChI=1S/C28H36F3NO3/c1-19(2)15-26(27(33)34)22-16-21(20-9-11-23(12-10-20)28(29,30)31)17-25(18-22)32-13-5-4-7-24(32)8-6-14-35-3/h9-12,16-19,24,26H,4-8,13-15H2,1-3H3,(H,33,34).